The number of hydrogen-bond donors (Lipinski definition) is 0. The predicted octanol–water partition coefficient (Wildman–Crippen LogP) is 3.33. The van der Waals surface area contributed by atoms with E-state index in [-0.39, 0.29) is 18.2 Å². The molecule has 1 aromatic heterocycles. The molecule has 25 heavy (non-hydrogen) atoms. The fourth-order valence-corrected chi connectivity index (χ4v) is 2.80. The summed E-state index contributed by atoms with van der Waals surface area (Å²) in [5, 5.41) is 8.39. The van der Waals surface area contributed by atoms with Gasteiger partial charge >= 0.3 is 0 Å². The van der Waals surface area contributed by atoms with Gasteiger partial charge in [0.25, 0.3) is 0 Å². The van der Waals surface area contributed by atoms with Crippen LogP contribution < -0.4 is 4.90 Å². The maximum Gasteiger partial charge on any atom is 0.123 e. The highest BCUT2D eigenvalue weighted by Gasteiger charge is 2.12. The lowest BCUT2D eigenvalue weighted by molar-refractivity contribution is 0.122. The average molecular weight is 361 g/mol. The number of aromatic nitrogens is 3. The molecule has 0 aliphatic carbocycles. The summed E-state index contributed by atoms with van der Waals surface area (Å²) in [7, 11) is 0. The number of nitrogens with zero attached hydrogens (tertiary/aromatic N) is 4. The van der Waals surface area contributed by atoms with Crippen molar-refractivity contribution < 1.29 is 9.13 Å². The Bertz CT molecular complexity index is 831. The highest BCUT2D eigenvalue weighted by atomic mass is 35.5. The van der Waals surface area contributed by atoms with Crippen molar-refractivity contribution in [3.05, 3.63) is 60.5 Å². The Morgan fingerprint density at radius 2 is 1.68 bits per heavy atom. The maximum atomic E-state index is 13.0. The van der Waals surface area contributed by atoms with E-state index in [0.717, 1.165) is 43.2 Å². The van der Waals surface area contributed by atoms with E-state index in [0.29, 0.717) is 5.69 Å². The Morgan fingerprint density at radius 1 is 0.960 bits per heavy atom. The number of halogens is 2. The van der Waals surface area contributed by atoms with Crippen molar-refractivity contribution >= 4 is 18.1 Å². The van der Waals surface area contributed by atoms with Crippen LogP contribution in [0.25, 0.3) is 16.9 Å². The zero-order valence-electron chi connectivity index (χ0n) is 13.5. The van der Waals surface area contributed by atoms with Crippen molar-refractivity contribution in [2.45, 2.75) is 0 Å². The van der Waals surface area contributed by atoms with Gasteiger partial charge in [0.05, 0.1) is 25.1 Å². The van der Waals surface area contributed by atoms with E-state index in [2.05, 4.69) is 27.3 Å². The molecule has 0 bridgehead atoms. The second kappa shape index (κ2) is 7.63. The molecule has 5 nitrogen and oxygen atoms in total. The Kier molecular flexibility index (Phi) is 5.31. The molecule has 1 aliphatic rings. The topological polar surface area (TPSA) is 43.2 Å². The van der Waals surface area contributed by atoms with Crippen LogP contribution in [0, 0.1) is 5.82 Å². The first-order valence-corrected chi connectivity index (χ1v) is 7.91. The normalized spacial score (nSPS) is 14.2. The highest BCUT2D eigenvalue weighted by Crippen LogP contribution is 2.22. The fraction of sp³-hybridized carbons (Fsp3) is 0.222. The molecule has 4 rings (SSSR count). The number of benzene rings is 2. The zero-order valence-corrected chi connectivity index (χ0v) is 14.3. The maximum absolute atomic E-state index is 13.0. The molecule has 0 saturated carbocycles. The van der Waals surface area contributed by atoms with Crippen molar-refractivity contribution in [1.29, 1.82) is 0 Å². The van der Waals surface area contributed by atoms with E-state index in [1.54, 1.807) is 16.8 Å². The van der Waals surface area contributed by atoms with Crippen molar-refractivity contribution in [1.82, 2.24) is 15.0 Å². The number of anilines is 1. The van der Waals surface area contributed by atoms with Crippen LogP contribution in [0.1, 0.15) is 0 Å². The van der Waals surface area contributed by atoms with Crippen molar-refractivity contribution in [2.24, 2.45) is 0 Å². The molecular weight excluding hydrogens is 343 g/mol. The fourth-order valence-electron chi connectivity index (χ4n) is 2.80. The first-order valence-electron chi connectivity index (χ1n) is 7.91. The minimum atomic E-state index is -0.260. The van der Waals surface area contributed by atoms with Gasteiger partial charge in [0, 0.05) is 24.3 Å². The van der Waals surface area contributed by atoms with E-state index in [9.17, 15) is 4.39 Å². The van der Waals surface area contributed by atoms with Gasteiger partial charge in [-0.3, -0.25) is 0 Å². The molecule has 0 spiro atoms. The van der Waals surface area contributed by atoms with E-state index in [1.165, 1.54) is 12.1 Å². The summed E-state index contributed by atoms with van der Waals surface area (Å²) in [6.07, 6.45) is 1.85. The smallest absolute Gasteiger partial charge is 0.123 e. The molecule has 2 heterocycles. The van der Waals surface area contributed by atoms with Gasteiger partial charge in [-0.15, -0.1) is 17.5 Å². The third-order valence-corrected chi connectivity index (χ3v) is 4.10. The van der Waals surface area contributed by atoms with Crippen LogP contribution in [0.5, 0.6) is 0 Å². The first kappa shape index (κ1) is 17.4. The molecule has 0 amide bonds. The van der Waals surface area contributed by atoms with Gasteiger partial charge in [-0.25, -0.2) is 9.07 Å². The van der Waals surface area contributed by atoms with Gasteiger partial charge < -0.3 is 9.64 Å². The molecule has 1 fully saturated rings. The Morgan fingerprint density at radius 3 is 2.44 bits per heavy atom. The molecule has 130 valence electrons. The van der Waals surface area contributed by atoms with Crippen LogP contribution in [0.3, 0.4) is 0 Å². The lowest BCUT2D eigenvalue weighted by atomic mass is 10.2. The van der Waals surface area contributed by atoms with Crippen LogP contribution >= 0.6 is 12.4 Å². The molecule has 0 unspecified atom stereocenters. The summed E-state index contributed by atoms with van der Waals surface area (Å²) >= 11 is 0. The van der Waals surface area contributed by atoms with Crippen molar-refractivity contribution in [2.75, 3.05) is 31.2 Å². The van der Waals surface area contributed by atoms with Gasteiger partial charge in [0.2, 0.25) is 0 Å². The second-order valence-corrected chi connectivity index (χ2v) is 5.67. The number of rotatable bonds is 3. The van der Waals surface area contributed by atoms with Crippen LogP contribution in [0.2, 0.25) is 0 Å². The Labute approximate surface area is 151 Å². The second-order valence-electron chi connectivity index (χ2n) is 5.67. The standard InChI is InChI=1S/C18H17FN4O.ClH/c19-15-6-4-14(5-7-15)18-13-23(21-20-18)17-3-1-2-16(12-17)22-8-10-24-11-9-22;/h1-7,12-13H,8-11H2;1H. The highest BCUT2D eigenvalue weighted by molar-refractivity contribution is 5.85. The summed E-state index contributed by atoms with van der Waals surface area (Å²) in [5.41, 5.74) is 3.65. The lowest BCUT2D eigenvalue weighted by Gasteiger charge is -2.29. The molecule has 2 aromatic carbocycles. The van der Waals surface area contributed by atoms with Crippen LogP contribution in [-0.4, -0.2) is 41.3 Å². The van der Waals surface area contributed by atoms with Crippen molar-refractivity contribution in [3.63, 3.8) is 0 Å². The summed E-state index contributed by atoms with van der Waals surface area (Å²) < 4.78 is 20.2. The molecule has 1 saturated heterocycles. The minimum absolute atomic E-state index is 0. The molecule has 0 radical (unpaired) electrons. The zero-order chi connectivity index (χ0) is 16.4. The molecule has 0 atom stereocenters. The summed E-state index contributed by atoms with van der Waals surface area (Å²) in [6, 6.07) is 14.4. The minimum Gasteiger partial charge on any atom is -0.378 e. The van der Waals surface area contributed by atoms with Gasteiger partial charge in [-0.2, -0.15) is 0 Å². The quantitative estimate of drug-likeness (QED) is 0.718. The van der Waals surface area contributed by atoms with Gasteiger partial charge in [0.1, 0.15) is 11.5 Å². The largest absolute Gasteiger partial charge is 0.378 e. The lowest BCUT2D eigenvalue weighted by Crippen LogP contribution is -2.36. The number of hydrogen-bond acceptors (Lipinski definition) is 4. The SMILES string of the molecule is Cl.Fc1ccc(-c2cn(-c3cccc(N4CCOCC4)c3)nn2)cc1. The summed E-state index contributed by atoms with van der Waals surface area (Å²) in [5.74, 6) is -0.260. The predicted molar refractivity (Wildman–Crippen MR) is 97.0 cm³/mol. The van der Waals surface area contributed by atoms with Crippen LogP contribution in [0.15, 0.2) is 54.7 Å². The van der Waals surface area contributed by atoms with Gasteiger partial charge in [-0.05, 0) is 42.5 Å². The number of ether oxygens (including phenoxy) is 1. The summed E-state index contributed by atoms with van der Waals surface area (Å²) in [4.78, 5) is 2.30. The van der Waals surface area contributed by atoms with Crippen LogP contribution in [-0.2, 0) is 4.74 Å². The van der Waals surface area contributed by atoms with Crippen molar-refractivity contribution in [3.8, 4) is 16.9 Å². The Hall–Kier alpha value is -2.44. The van der Waals surface area contributed by atoms with Gasteiger partial charge in [0.15, 0.2) is 0 Å². The van der Waals surface area contributed by atoms with E-state index in [4.69, 9.17) is 4.74 Å². The van der Waals surface area contributed by atoms with Gasteiger partial charge in [-0.1, -0.05) is 11.3 Å². The molecule has 3 aromatic rings. The van der Waals surface area contributed by atoms with E-state index in [1.807, 2.05) is 18.3 Å². The molecule has 0 N–H and O–H groups in total. The summed E-state index contributed by atoms with van der Waals surface area (Å²) in [6.45, 7) is 3.29. The third kappa shape index (κ3) is 3.81. The molecular formula is C18H18ClFN4O. The average Bonchev–Trinajstić information content (AvgIpc) is 3.13. The van der Waals surface area contributed by atoms with E-state index >= 15 is 0 Å². The molecule has 7 heteroatoms. The monoisotopic (exact) mass is 360 g/mol. The first-order chi connectivity index (χ1) is 11.8. The van der Waals surface area contributed by atoms with Crippen LogP contribution in [0.4, 0.5) is 10.1 Å². The number of morpholine rings is 1. The third-order valence-electron chi connectivity index (χ3n) is 4.10. The Balaban J connectivity index is 0.00000182. The van der Waals surface area contributed by atoms with E-state index < -0.39 is 0 Å². The molecule has 1 aliphatic heterocycles.